The fourth-order valence-corrected chi connectivity index (χ4v) is 3.68. The molecule has 0 saturated carbocycles. The summed E-state index contributed by atoms with van der Waals surface area (Å²) in [7, 11) is 1.71. The second kappa shape index (κ2) is 9.13. The van der Waals surface area contributed by atoms with Crippen molar-refractivity contribution in [1.82, 2.24) is 24.9 Å². The number of aromatic amines is 1. The smallest absolute Gasteiger partial charge is 0.275 e. The maximum absolute atomic E-state index is 13.4. The van der Waals surface area contributed by atoms with Crippen LogP contribution in [-0.2, 0) is 17.8 Å². The van der Waals surface area contributed by atoms with Crippen LogP contribution in [0, 0.1) is 12.7 Å². The number of amides is 1. The highest BCUT2D eigenvalue weighted by Gasteiger charge is 2.14. The molecule has 0 aliphatic heterocycles. The molecule has 0 aliphatic carbocycles. The Labute approximate surface area is 184 Å². The summed E-state index contributed by atoms with van der Waals surface area (Å²) in [6.07, 6.45) is 1.40. The monoisotopic (exact) mass is 433 g/mol. The van der Waals surface area contributed by atoms with Crippen molar-refractivity contribution in [2.45, 2.75) is 26.3 Å². The Morgan fingerprint density at radius 3 is 2.69 bits per heavy atom. The van der Waals surface area contributed by atoms with E-state index in [0.717, 1.165) is 11.1 Å². The molecule has 1 N–H and O–H groups in total. The van der Waals surface area contributed by atoms with Crippen molar-refractivity contribution in [3.8, 4) is 11.3 Å². The van der Waals surface area contributed by atoms with Gasteiger partial charge in [0.15, 0.2) is 0 Å². The molecule has 0 unspecified atom stereocenters. The SMILES string of the molecule is Cc1nn(CC(=O)N(C)CCCc2cc(-c3cccc(F)c3)n[nH]2)c(=O)c2ccccc12. The van der Waals surface area contributed by atoms with Crippen molar-refractivity contribution in [3.63, 3.8) is 0 Å². The zero-order chi connectivity index (χ0) is 22.7. The number of rotatable bonds is 7. The highest BCUT2D eigenvalue weighted by Crippen LogP contribution is 2.19. The number of H-pyrrole nitrogens is 1. The van der Waals surface area contributed by atoms with Gasteiger partial charge >= 0.3 is 0 Å². The average Bonchev–Trinajstić information content (AvgIpc) is 3.26. The summed E-state index contributed by atoms with van der Waals surface area (Å²) in [6.45, 7) is 2.25. The molecule has 0 saturated heterocycles. The lowest BCUT2D eigenvalue weighted by Gasteiger charge is -2.17. The number of hydrogen-bond donors (Lipinski definition) is 1. The molecule has 32 heavy (non-hydrogen) atoms. The first-order chi connectivity index (χ1) is 15.4. The number of nitrogens with one attached hydrogen (secondary N) is 1. The number of benzene rings is 2. The molecule has 0 aliphatic rings. The molecule has 0 bridgehead atoms. The maximum Gasteiger partial charge on any atom is 0.275 e. The first-order valence-electron chi connectivity index (χ1n) is 10.4. The normalized spacial score (nSPS) is 11.1. The van der Waals surface area contributed by atoms with Crippen LogP contribution in [0.2, 0.25) is 0 Å². The standard InChI is InChI=1S/C24H24FN5O2/c1-16-20-10-3-4-11-21(20)24(32)30(28-16)15-23(31)29(2)12-6-9-19-14-22(27-26-19)17-7-5-8-18(25)13-17/h3-5,7-8,10-11,13-14H,6,9,12,15H2,1-2H3,(H,26,27). The van der Waals surface area contributed by atoms with E-state index in [1.807, 2.05) is 25.1 Å². The van der Waals surface area contributed by atoms with Crippen LogP contribution in [0.4, 0.5) is 4.39 Å². The Morgan fingerprint density at radius 1 is 1.12 bits per heavy atom. The molecular weight excluding hydrogens is 409 g/mol. The molecule has 0 radical (unpaired) electrons. The third-order valence-corrected chi connectivity index (χ3v) is 5.45. The predicted octanol–water partition coefficient (Wildman–Crippen LogP) is 3.33. The average molecular weight is 433 g/mol. The molecule has 0 spiro atoms. The molecule has 4 rings (SSSR count). The minimum atomic E-state index is -0.303. The van der Waals surface area contributed by atoms with Crippen LogP contribution in [0.5, 0.6) is 0 Å². The van der Waals surface area contributed by atoms with Gasteiger partial charge in [-0.05, 0) is 44.0 Å². The van der Waals surface area contributed by atoms with E-state index in [1.54, 1.807) is 36.2 Å². The molecule has 164 valence electrons. The summed E-state index contributed by atoms with van der Waals surface area (Å²) >= 11 is 0. The van der Waals surface area contributed by atoms with E-state index in [1.165, 1.54) is 16.8 Å². The van der Waals surface area contributed by atoms with Crippen LogP contribution in [0.1, 0.15) is 17.8 Å². The minimum absolute atomic E-state index is 0.102. The molecule has 2 aromatic heterocycles. The van der Waals surface area contributed by atoms with Gasteiger partial charge in [0, 0.05) is 30.2 Å². The van der Waals surface area contributed by atoms with Crippen molar-refractivity contribution >= 4 is 16.7 Å². The van der Waals surface area contributed by atoms with Gasteiger partial charge in [0.1, 0.15) is 12.4 Å². The Kier molecular flexibility index (Phi) is 6.11. The van der Waals surface area contributed by atoms with Crippen molar-refractivity contribution in [3.05, 3.63) is 82.2 Å². The molecule has 7 nitrogen and oxygen atoms in total. The first-order valence-corrected chi connectivity index (χ1v) is 10.4. The maximum atomic E-state index is 13.4. The van der Waals surface area contributed by atoms with E-state index < -0.39 is 0 Å². The van der Waals surface area contributed by atoms with Gasteiger partial charge in [0.25, 0.3) is 5.56 Å². The molecule has 0 fully saturated rings. The quantitative estimate of drug-likeness (QED) is 0.485. The minimum Gasteiger partial charge on any atom is -0.344 e. The number of carbonyl (C=O) groups is 1. The topological polar surface area (TPSA) is 83.9 Å². The van der Waals surface area contributed by atoms with Gasteiger partial charge in [-0.2, -0.15) is 10.2 Å². The van der Waals surface area contributed by atoms with Crippen molar-refractivity contribution in [2.75, 3.05) is 13.6 Å². The van der Waals surface area contributed by atoms with Crippen LogP contribution >= 0.6 is 0 Å². The van der Waals surface area contributed by atoms with E-state index in [9.17, 15) is 14.0 Å². The van der Waals surface area contributed by atoms with Crippen molar-refractivity contribution in [1.29, 1.82) is 0 Å². The van der Waals surface area contributed by atoms with Gasteiger partial charge in [-0.15, -0.1) is 0 Å². The summed E-state index contributed by atoms with van der Waals surface area (Å²) in [5, 5.41) is 12.9. The second-order valence-corrected chi connectivity index (χ2v) is 7.80. The van der Waals surface area contributed by atoms with Gasteiger partial charge in [0.05, 0.1) is 16.8 Å². The van der Waals surface area contributed by atoms with Crippen LogP contribution in [0.3, 0.4) is 0 Å². The van der Waals surface area contributed by atoms with Crippen molar-refractivity contribution in [2.24, 2.45) is 0 Å². The van der Waals surface area contributed by atoms with Crippen molar-refractivity contribution < 1.29 is 9.18 Å². The van der Waals surface area contributed by atoms with Gasteiger partial charge in [0.2, 0.25) is 5.91 Å². The number of aromatic nitrogens is 4. The van der Waals surface area contributed by atoms with Crippen LogP contribution < -0.4 is 5.56 Å². The summed E-state index contributed by atoms with van der Waals surface area (Å²) < 4.78 is 14.6. The highest BCUT2D eigenvalue weighted by atomic mass is 19.1. The van der Waals surface area contributed by atoms with Gasteiger partial charge in [-0.25, -0.2) is 9.07 Å². The lowest BCUT2D eigenvalue weighted by atomic mass is 10.1. The Balaban J connectivity index is 1.35. The summed E-state index contributed by atoms with van der Waals surface area (Å²) in [5.41, 5.74) is 2.75. The van der Waals surface area contributed by atoms with Gasteiger partial charge < -0.3 is 4.90 Å². The molecule has 1 amide bonds. The molecule has 2 aromatic carbocycles. The number of aryl methyl sites for hydroxylation is 2. The Hall–Kier alpha value is -3.81. The van der Waals surface area contributed by atoms with Crippen LogP contribution in [0.25, 0.3) is 22.0 Å². The predicted molar refractivity (Wildman–Crippen MR) is 121 cm³/mol. The van der Waals surface area contributed by atoms with Gasteiger partial charge in [-0.3, -0.25) is 14.7 Å². The third kappa shape index (κ3) is 4.59. The Bertz CT molecular complexity index is 1330. The second-order valence-electron chi connectivity index (χ2n) is 7.80. The molecule has 8 heteroatoms. The van der Waals surface area contributed by atoms with E-state index >= 15 is 0 Å². The van der Waals surface area contributed by atoms with E-state index in [2.05, 4.69) is 15.3 Å². The summed E-state index contributed by atoms with van der Waals surface area (Å²) in [5.74, 6) is -0.485. The van der Waals surface area contributed by atoms with Crippen LogP contribution in [-0.4, -0.2) is 44.4 Å². The van der Waals surface area contributed by atoms with Gasteiger partial charge in [-0.1, -0.05) is 30.3 Å². The van der Waals surface area contributed by atoms with E-state index in [4.69, 9.17) is 0 Å². The lowest BCUT2D eigenvalue weighted by molar-refractivity contribution is -0.130. The highest BCUT2D eigenvalue weighted by molar-refractivity contribution is 5.83. The molecule has 0 atom stereocenters. The summed E-state index contributed by atoms with van der Waals surface area (Å²) in [6, 6.07) is 15.4. The first kappa shape index (κ1) is 21.4. The number of hydrogen-bond acceptors (Lipinski definition) is 4. The largest absolute Gasteiger partial charge is 0.344 e. The lowest BCUT2D eigenvalue weighted by Crippen LogP contribution is -2.36. The van der Waals surface area contributed by atoms with E-state index in [-0.39, 0.29) is 23.8 Å². The Morgan fingerprint density at radius 2 is 1.91 bits per heavy atom. The number of halogens is 1. The van der Waals surface area contributed by atoms with E-state index in [0.29, 0.717) is 41.7 Å². The molecule has 4 aromatic rings. The number of carbonyl (C=O) groups excluding carboxylic acids is 1. The number of likely N-dealkylation sites (N-methyl/N-ethyl adjacent to an activating group) is 1. The zero-order valence-electron chi connectivity index (χ0n) is 18.0. The molecule has 2 heterocycles. The fraction of sp³-hybridized carbons (Fsp3) is 0.250. The molecular formula is C24H24FN5O2. The summed E-state index contributed by atoms with van der Waals surface area (Å²) in [4.78, 5) is 26.9. The number of fused-ring (bicyclic) bond motifs is 1. The third-order valence-electron chi connectivity index (χ3n) is 5.45. The fourth-order valence-electron chi connectivity index (χ4n) is 3.68. The number of nitrogens with zero attached hydrogens (tertiary/aromatic N) is 4. The zero-order valence-corrected chi connectivity index (χ0v) is 18.0. The van der Waals surface area contributed by atoms with Crippen LogP contribution in [0.15, 0.2) is 59.4 Å².